The zero-order chi connectivity index (χ0) is 18.6. The molecule has 0 saturated heterocycles. The molecule has 0 atom stereocenters. The highest BCUT2D eigenvalue weighted by Gasteiger charge is 2.16. The number of fused-ring (bicyclic) bond motifs is 1. The van der Waals surface area contributed by atoms with Gasteiger partial charge >= 0.3 is 0 Å². The summed E-state index contributed by atoms with van der Waals surface area (Å²) < 4.78 is 32.6. The molecule has 6 nitrogen and oxygen atoms in total. The number of methoxy groups -OCH3 is 1. The zero-order valence-corrected chi connectivity index (χ0v) is 15.5. The van der Waals surface area contributed by atoms with Crippen LogP contribution in [0.5, 0.6) is 5.75 Å². The number of aryl methyl sites for hydroxylation is 1. The highest BCUT2D eigenvalue weighted by atomic mass is 32.2. The summed E-state index contributed by atoms with van der Waals surface area (Å²) in [5, 5.41) is 4.20. The Morgan fingerprint density at radius 2 is 1.85 bits per heavy atom. The van der Waals surface area contributed by atoms with Crippen LogP contribution in [0.15, 0.2) is 59.5 Å². The van der Waals surface area contributed by atoms with Crippen molar-refractivity contribution in [3.05, 3.63) is 60.2 Å². The lowest BCUT2D eigenvalue weighted by molar-refractivity contribution is 0.414. The van der Waals surface area contributed by atoms with E-state index in [-0.39, 0.29) is 11.4 Å². The first-order valence-electron chi connectivity index (χ1n) is 8.23. The second-order valence-electron chi connectivity index (χ2n) is 5.85. The summed E-state index contributed by atoms with van der Waals surface area (Å²) in [7, 11) is -2.02. The topological polar surface area (TPSA) is 80.3 Å². The lowest BCUT2D eigenvalue weighted by atomic mass is 10.2. The Morgan fingerprint density at radius 1 is 1.04 bits per heavy atom. The number of benzene rings is 2. The fourth-order valence-corrected chi connectivity index (χ4v) is 3.92. The Balaban J connectivity index is 1.59. The molecule has 26 heavy (non-hydrogen) atoms. The van der Waals surface area contributed by atoms with Crippen molar-refractivity contribution < 1.29 is 13.2 Å². The van der Waals surface area contributed by atoms with Gasteiger partial charge in [0.05, 0.1) is 17.5 Å². The van der Waals surface area contributed by atoms with E-state index in [2.05, 4.69) is 15.0 Å². The largest absolute Gasteiger partial charge is 0.497 e. The van der Waals surface area contributed by atoms with Crippen molar-refractivity contribution >= 4 is 26.7 Å². The van der Waals surface area contributed by atoms with Gasteiger partial charge in [-0.05, 0) is 48.9 Å². The molecule has 1 aromatic heterocycles. The molecule has 0 fully saturated rings. The van der Waals surface area contributed by atoms with Gasteiger partial charge in [-0.1, -0.05) is 18.2 Å². The predicted molar refractivity (Wildman–Crippen MR) is 103 cm³/mol. The lowest BCUT2D eigenvalue weighted by Gasteiger charge is -2.11. The maximum absolute atomic E-state index is 12.4. The number of nitrogens with one attached hydrogen (secondary N) is 2. The van der Waals surface area contributed by atoms with Crippen LogP contribution >= 0.6 is 0 Å². The molecule has 0 aliphatic rings. The van der Waals surface area contributed by atoms with E-state index in [0.29, 0.717) is 23.7 Å². The van der Waals surface area contributed by atoms with Gasteiger partial charge in [0, 0.05) is 18.5 Å². The summed E-state index contributed by atoms with van der Waals surface area (Å²) in [5.41, 5.74) is 1.54. The van der Waals surface area contributed by atoms with Crippen LogP contribution in [0, 0.1) is 6.92 Å². The first kappa shape index (κ1) is 18.2. The first-order chi connectivity index (χ1) is 12.5. The van der Waals surface area contributed by atoms with Crippen LogP contribution < -0.4 is 14.8 Å². The van der Waals surface area contributed by atoms with E-state index in [1.54, 1.807) is 32.2 Å². The second-order valence-corrected chi connectivity index (χ2v) is 7.58. The first-order valence-corrected chi connectivity index (χ1v) is 9.72. The maximum Gasteiger partial charge on any atom is 0.240 e. The fraction of sp³-hybridized carbons (Fsp3) is 0.211. The van der Waals surface area contributed by atoms with Crippen molar-refractivity contribution in [2.24, 2.45) is 0 Å². The molecule has 0 spiro atoms. The number of rotatable bonds is 7. The van der Waals surface area contributed by atoms with Gasteiger partial charge in [-0.2, -0.15) is 0 Å². The Labute approximate surface area is 153 Å². The van der Waals surface area contributed by atoms with Gasteiger partial charge < -0.3 is 10.1 Å². The molecule has 0 saturated carbocycles. The molecule has 3 rings (SSSR count). The highest BCUT2D eigenvalue weighted by Crippen LogP contribution is 2.20. The third-order valence-electron chi connectivity index (χ3n) is 3.99. The van der Waals surface area contributed by atoms with Gasteiger partial charge in [0.2, 0.25) is 10.0 Å². The summed E-state index contributed by atoms with van der Waals surface area (Å²) >= 11 is 0. The second kappa shape index (κ2) is 7.72. The van der Waals surface area contributed by atoms with E-state index >= 15 is 0 Å². The average molecular weight is 371 g/mol. The molecule has 2 aromatic carbocycles. The van der Waals surface area contributed by atoms with Crippen molar-refractivity contribution in [1.82, 2.24) is 9.71 Å². The molecule has 0 radical (unpaired) electrons. The van der Waals surface area contributed by atoms with Crippen molar-refractivity contribution in [1.29, 1.82) is 0 Å². The number of hydrogen-bond donors (Lipinski definition) is 2. The summed E-state index contributed by atoms with van der Waals surface area (Å²) in [4.78, 5) is 4.75. The number of sulfonamides is 1. The van der Waals surface area contributed by atoms with E-state index in [4.69, 9.17) is 4.74 Å². The van der Waals surface area contributed by atoms with Crippen molar-refractivity contribution in [3.63, 3.8) is 0 Å². The molecule has 0 bridgehead atoms. The molecule has 2 N–H and O–H groups in total. The van der Waals surface area contributed by atoms with Crippen LogP contribution in [-0.4, -0.2) is 33.6 Å². The van der Waals surface area contributed by atoms with Gasteiger partial charge in [-0.3, -0.25) is 0 Å². The van der Waals surface area contributed by atoms with Gasteiger partial charge in [-0.15, -0.1) is 0 Å². The third-order valence-corrected chi connectivity index (χ3v) is 5.61. The Hall–Kier alpha value is -2.64. The number of nitrogens with zero attached hydrogens (tertiary/aromatic N) is 1. The van der Waals surface area contributed by atoms with Gasteiger partial charge in [0.15, 0.2) is 0 Å². The van der Waals surface area contributed by atoms with Gasteiger partial charge in [-0.25, -0.2) is 18.1 Å². The van der Waals surface area contributed by atoms with E-state index in [0.717, 1.165) is 10.9 Å². The number of pyridine rings is 1. The maximum atomic E-state index is 12.4. The molecular weight excluding hydrogens is 350 g/mol. The molecule has 7 heteroatoms. The number of ether oxygens (including phenoxy) is 1. The quantitative estimate of drug-likeness (QED) is 0.624. The predicted octanol–water partition coefficient (Wildman–Crippen LogP) is 2.94. The molecule has 0 unspecified atom stereocenters. The third kappa shape index (κ3) is 4.12. The van der Waals surface area contributed by atoms with Crippen LogP contribution in [0.1, 0.15) is 5.56 Å². The number of para-hydroxylation sites is 1. The Bertz CT molecular complexity index is 1020. The van der Waals surface area contributed by atoms with Crippen LogP contribution in [0.4, 0.5) is 5.82 Å². The van der Waals surface area contributed by atoms with Crippen LogP contribution in [0.25, 0.3) is 10.9 Å². The molecular formula is C19H21N3O3S. The minimum absolute atomic E-state index is 0.252. The molecule has 0 aliphatic heterocycles. The van der Waals surface area contributed by atoms with E-state index in [1.165, 1.54) is 0 Å². The summed E-state index contributed by atoms with van der Waals surface area (Å²) in [6, 6.07) is 16.6. The number of hydrogen-bond acceptors (Lipinski definition) is 5. The molecule has 0 aliphatic carbocycles. The summed E-state index contributed by atoms with van der Waals surface area (Å²) in [6.45, 7) is 2.43. The van der Waals surface area contributed by atoms with Crippen LogP contribution in [-0.2, 0) is 10.0 Å². The van der Waals surface area contributed by atoms with Crippen molar-refractivity contribution in [2.75, 3.05) is 25.5 Å². The lowest BCUT2D eigenvalue weighted by Crippen LogP contribution is -2.29. The fourth-order valence-electron chi connectivity index (χ4n) is 2.67. The van der Waals surface area contributed by atoms with Crippen molar-refractivity contribution in [2.45, 2.75) is 11.8 Å². The van der Waals surface area contributed by atoms with E-state index in [9.17, 15) is 8.42 Å². The highest BCUT2D eigenvalue weighted by molar-refractivity contribution is 7.89. The van der Waals surface area contributed by atoms with Gasteiger partial charge in [0.25, 0.3) is 0 Å². The standard InChI is InChI=1S/C19H21N3O3S/c1-14-13-16(25-2)8-9-18(14)26(23,24)21-12-11-20-19-10-7-15-5-3-4-6-17(15)22-19/h3-10,13,21H,11-12H2,1-2H3,(H,20,22). The minimum Gasteiger partial charge on any atom is -0.497 e. The molecule has 136 valence electrons. The Morgan fingerprint density at radius 3 is 2.62 bits per heavy atom. The SMILES string of the molecule is COc1ccc(S(=O)(=O)NCCNc2ccc3ccccc3n2)c(C)c1. The smallest absolute Gasteiger partial charge is 0.240 e. The van der Waals surface area contributed by atoms with Crippen molar-refractivity contribution in [3.8, 4) is 5.75 Å². The summed E-state index contributed by atoms with van der Waals surface area (Å²) in [5.74, 6) is 1.34. The Kier molecular flexibility index (Phi) is 5.39. The van der Waals surface area contributed by atoms with Crippen LogP contribution in [0.3, 0.4) is 0 Å². The monoisotopic (exact) mass is 371 g/mol. The van der Waals surface area contributed by atoms with E-state index in [1.807, 2.05) is 36.4 Å². The number of anilines is 1. The molecule has 3 aromatic rings. The number of aromatic nitrogens is 1. The minimum atomic E-state index is -3.57. The van der Waals surface area contributed by atoms with Gasteiger partial charge in [0.1, 0.15) is 11.6 Å². The molecule has 0 amide bonds. The zero-order valence-electron chi connectivity index (χ0n) is 14.7. The van der Waals surface area contributed by atoms with Crippen LogP contribution in [0.2, 0.25) is 0 Å². The summed E-state index contributed by atoms with van der Waals surface area (Å²) in [6.07, 6.45) is 0. The van der Waals surface area contributed by atoms with E-state index < -0.39 is 10.0 Å². The average Bonchev–Trinajstić information content (AvgIpc) is 2.64. The normalized spacial score (nSPS) is 11.5. The molecule has 1 heterocycles.